The zero-order valence-electron chi connectivity index (χ0n) is 16.9. The normalized spacial score (nSPS) is 21.9. The molecule has 158 valence electrons. The van der Waals surface area contributed by atoms with Gasteiger partial charge in [-0.05, 0) is 38.2 Å². The van der Waals surface area contributed by atoms with E-state index in [-0.39, 0.29) is 24.1 Å². The SMILES string of the molecule is C[C@@H](NC(=O)C1(c2ccccc2)CC1)C(=O)N1CCC[C@@H](C(=O)CS(C)(=O)=O)C1. The summed E-state index contributed by atoms with van der Waals surface area (Å²) in [6.45, 7) is 2.37. The largest absolute Gasteiger partial charge is 0.344 e. The number of rotatable bonds is 7. The first-order valence-corrected chi connectivity index (χ1v) is 12.0. The van der Waals surface area contributed by atoms with Gasteiger partial charge in [0.1, 0.15) is 11.8 Å². The summed E-state index contributed by atoms with van der Waals surface area (Å²) < 4.78 is 22.8. The molecular formula is C21H28N2O5S. The third-order valence-corrected chi connectivity index (χ3v) is 6.63. The van der Waals surface area contributed by atoms with Crippen molar-refractivity contribution in [3.05, 3.63) is 35.9 Å². The van der Waals surface area contributed by atoms with Crippen LogP contribution in [0.4, 0.5) is 0 Å². The minimum atomic E-state index is -3.39. The van der Waals surface area contributed by atoms with Gasteiger partial charge in [0.25, 0.3) is 0 Å². The molecule has 0 unspecified atom stereocenters. The number of benzene rings is 1. The van der Waals surface area contributed by atoms with E-state index in [1.807, 2.05) is 30.3 Å². The number of nitrogens with one attached hydrogen (secondary N) is 1. The van der Waals surface area contributed by atoms with Gasteiger partial charge in [-0.25, -0.2) is 8.42 Å². The maximum absolute atomic E-state index is 12.9. The van der Waals surface area contributed by atoms with Gasteiger partial charge in [0.05, 0.1) is 5.41 Å². The Hall–Kier alpha value is -2.22. The molecule has 0 aromatic heterocycles. The van der Waals surface area contributed by atoms with Crippen molar-refractivity contribution < 1.29 is 22.8 Å². The summed E-state index contributed by atoms with van der Waals surface area (Å²) in [5.41, 5.74) is 0.410. The highest BCUT2D eigenvalue weighted by Gasteiger charge is 2.51. The summed E-state index contributed by atoms with van der Waals surface area (Å²) in [6, 6.07) is 8.87. The molecular weight excluding hydrogens is 392 g/mol. The Balaban J connectivity index is 1.60. The number of sulfone groups is 1. The molecule has 2 fully saturated rings. The van der Waals surface area contributed by atoms with E-state index < -0.39 is 33.0 Å². The Morgan fingerprint density at radius 2 is 1.86 bits per heavy atom. The molecule has 1 N–H and O–H groups in total. The van der Waals surface area contributed by atoms with Gasteiger partial charge in [-0.3, -0.25) is 14.4 Å². The van der Waals surface area contributed by atoms with Gasteiger partial charge in [-0.15, -0.1) is 0 Å². The molecule has 1 aliphatic carbocycles. The highest BCUT2D eigenvalue weighted by molar-refractivity contribution is 7.91. The summed E-state index contributed by atoms with van der Waals surface area (Å²) in [6.07, 6.45) is 3.77. The van der Waals surface area contributed by atoms with Crippen LogP contribution in [-0.2, 0) is 29.6 Å². The van der Waals surface area contributed by atoms with E-state index in [0.717, 1.165) is 24.7 Å². The second kappa shape index (κ2) is 8.26. The van der Waals surface area contributed by atoms with Gasteiger partial charge >= 0.3 is 0 Å². The molecule has 29 heavy (non-hydrogen) atoms. The lowest BCUT2D eigenvalue weighted by molar-refractivity contribution is -0.139. The highest BCUT2D eigenvalue weighted by atomic mass is 32.2. The van der Waals surface area contributed by atoms with Gasteiger partial charge in [-0.1, -0.05) is 30.3 Å². The quantitative estimate of drug-likeness (QED) is 0.711. The molecule has 2 amide bonds. The first kappa shape index (κ1) is 21.5. The van der Waals surface area contributed by atoms with E-state index in [1.165, 1.54) is 0 Å². The van der Waals surface area contributed by atoms with Crippen molar-refractivity contribution in [3.8, 4) is 0 Å². The molecule has 1 saturated carbocycles. The summed E-state index contributed by atoms with van der Waals surface area (Å²) in [5, 5.41) is 2.85. The van der Waals surface area contributed by atoms with Crippen LogP contribution in [0.3, 0.4) is 0 Å². The zero-order valence-corrected chi connectivity index (χ0v) is 17.7. The fourth-order valence-electron chi connectivity index (χ4n) is 4.02. The fraction of sp³-hybridized carbons (Fsp3) is 0.571. The fourth-order valence-corrected chi connectivity index (χ4v) is 4.77. The molecule has 0 bridgehead atoms. The third kappa shape index (κ3) is 5.04. The zero-order chi connectivity index (χ0) is 21.2. The second-order valence-corrected chi connectivity index (χ2v) is 10.4. The van der Waals surface area contributed by atoms with Crippen molar-refractivity contribution in [1.29, 1.82) is 0 Å². The molecule has 1 aliphatic heterocycles. The van der Waals surface area contributed by atoms with Gasteiger partial charge in [0, 0.05) is 25.3 Å². The van der Waals surface area contributed by atoms with Crippen LogP contribution in [0, 0.1) is 5.92 Å². The molecule has 3 rings (SSSR count). The van der Waals surface area contributed by atoms with Crippen LogP contribution in [0.25, 0.3) is 0 Å². The highest BCUT2D eigenvalue weighted by Crippen LogP contribution is 2.48. The smallest absolute Gasteiger partial charge is 0.244 e. The van der Waals surface area contributed by atoms with Crippen molar-refractivity contribution in [2.24, 2.45) is 5.92 Å². The average Bonchev–Trinajstić information content (AvgIpc) is 3.49. The van der Waals surface area contributed by atoms with Crippen LogP contribution in [0.5, 0.6) is 0 Å². The van der Waals surface area contributed by atoms with Crippen molar-refractivity contribution in [2.45, 2.75) is 44.1 Å². The van der Waals surface area contributed by atoms with E-state index in [9.17, 15) is 22.8 Å². The summed E-state index contributed by atoms with van der Waals surface area (Å²) in [4.78, 5) is 39.5. The van der Waals surface area contributed by atoms with Crippen LogP contribution in [0.2, 0.25) is 0 Å². The monoisotopic (exact) mass is 420 g/mol. The first-order valence-electron chi connectivity index (χ1n) is 9.98. The number of Topliss-reactive ketones (excluding diaryl/α,β-unsaturated/α-hetero) is 1. The Morgan fingerprint density at radius 1 is 1.21 bits per heavy atom. The predicted molar refractivity (Wildman–Crippen MR) is 109 cm³/mol. The van der Waals surface area contributed by atoms with E-state index >= 15 is 0 Å². The lowest BCUT2D eigenvalue weighted by atomic mass is 9.93. The predicted octanol–water partition coefficient (Wildman–Crippen LogP) is 1.08. The van der Waals surface area contributed by atoms with Gasteiger partial charge in [0.2, 0.25) is 11.8 Å². The Morgan fingerprint density at radius 3 is 2.45 bits per heavy atom. The minimum Gasteiger partial charge on any atom is -0.344 e. The maximum atomic E-state index is 12.9. The lowest BCUT2D eigenvalue weighted by Gasteiger charge is -2.34. The maximum Gasteiger partial charge on any atom is 0.244 e. The number of likely N-dealkylation sites (tertiary alicyclic amines) is 1. The lowest BCUT2D eigenvalue weighted by Crippen LogP contribution is -2.52. The van der Waals surface area contributed by atoms with Gasteiger partial charge in [0.15, 0.2) is 15.6 Å². The van der Waals surface area contributed by atoms with Gasteiger partial charge < -0.3 is 10.2 Å². The molecule has 2 aliphatic rings. The number of nitrogens with zero attached hydrogens (tertiary/aromatic N) is 1. The van der Waals surface area contributed by atoms with Crippen molar-refractivity contribution in [1.82, 2.24) is 10.2 Å². The van der Waals surface area contributed by atoms with E-state index in [2.05, 4.69) is 5.32 Å². The molecule has 1 saturated heterocycles. The molecule has 8 heteroatoms. The molecule has 1 heterocycles. The number of piperidine rings is 1. The van der Waals surface area contributed by atoms with E-state index in [1.54, 1.807) is 11.8 Å². The van der Waals surface area contributed by atoms with Crippen LogP contribution < -0.4 is 5.32 Å². The summed E-state index contributed by atoms with van der Waals surface area (Å²) in [7, 11) is -3.39. The summed E-state index contributed by atoms with van der Waals surface area (Å²) >= 11 is 0. The molecule has 0 spiro atoms. The Labute approximate surface area is 171 Å². The topological polar surface area (TPSA) is 101 Å². The first-order chi connectivity index (χ1) is 13.6. The molecule has 0 radical (unpaired) electrons. The number of carbonyl (C=O) groups excluding carboxylic acids is 3. The minimum absolute atomic E-state index is 0.147. The van der Waals surface area contributed by atoms with Crippen LogP contribution >= 0.6 is 0 Å². The number of hydrogen-bond donors (Lipinski definition) is 1. The average molecular weight is 421 g/mol. The Kier molecular flexibility index (Phi) is 6.12. The molecule has 1 aromatic rings. The number of amides is 2. The standard InChI is InChI=1S/C21H28N2O5S/c1-15(22-20(26)21(10-11-21)17-8-4-3-5-9-17)19(25)23-12-6-7-16(13-23)18(24)14-29(2,27)28/h3-5,8-9,15-16H,6-7,10-14H2,1-2H3,(H,22,26)/t15-,16-/m1/s1. The van der Waals surface area contributed by atoms with Crippen LogP contribution in [0.1, 0.15) is 38.2 Å². The molecule has 2 atom stereocenters. The third-order valence-electron chi connectivity index (χ3n) is 5.82. The van der Waals surface area contributed by atoms with E-state index in [0.29, 0.717) is 19.4 Å². The number of ketones is 1. The molecule has 7 nitrogen and oxygen atoms in total. The Bertz CT molecular complexity index is 893. The van der Waals surface area contributed by atoms with Crippen molar-refractivity contribution in [2.75, 3.05) is 25.1 Å². The number of carbonyl (C=O) groups is 3. The van der Waals surface area contributed by atoms with Gasteiger partial charge in [-0.2, -0.15) is 0 Å². The molecule has 1 aromatic carbocycles. The van der Waals surface area contributed by atoms with Crippen LogP contribution in [-0.4, -0.2) is 62.1 Å². The second-order valence-electron chi connectivity index (χ2n) is 8.30. The van der Waals surface area contributed by atoms with E-state index in [4.69, 9.17) is 0 Å². The van der Waals surface area contributed by atoms with Crippen molar-refractivity contribution >= 4 is 27.4 Å². The van der Waals surface area contributed by atoms with Crippen LogP contribution in [0.15, 0.2) is 30.3 Å². The number of hydrogen-bond acceptors (Lipinski definition) is 5. The van der Waals surface area contributed by atoms with Crippen molar-refractivity contribution in [3.63, 3.8) is 0 Å². The summed E-state index contributed by atoms with van der Waals surface area (Å²) in [5.74, 6) is -1.69.